The molecule has 0 heterocycles. The minimum atomic E-state index is -4.09. The van der Waals surface area contributed by atoms with E-state index in [0.29, 0.717) is 0 Å². The zero-order valence-electron chi connectivity index (χ0n) is 14.9. The lowest BCUT2D eigenvalue weighted by Gasteiger charge is -2.29. The van der Waals surface area contributed by atoms with Crippen LogP contribution in [0.1, 0.15) is 22.7 Å². The van der Waals surface area contributed by atoms with Gasteiger partial charge in [0.05, 0.1) is 11.6 Å². The molecule has 0 radical (unpaired) electrons. The number of benzene rings is 3. The highest BCUT2D eigenvalue weighted by Gasteiger charge is 2.33. The van der Waals surface area contributed by atoms with E-state index in [9.17, 15) is 18.1 Å². The van der Waals surface area contributed by atoms with Crippen LogP contribution in [0.5, 0.6) is 0 Å². The van der Waals surface area contributed by atoms with Crippen molar-refractivity contribution in [1.29, 1.82) is 5.26 Å². The van der Waals surface area contributed by atoms with Gasteiger partial charge in [0.15, 0.2) is 0 Å². The van der Waals surface area contributed by atoms with Gasteiger partial charge in [0.1, 0.15) is 16.8 Å². The molecule has 0 spiro atoms. The van der Waals surface area contributed by atoms with Crippen molar-refractivity contribution in [3.05, 3.63) is 99.8 Å². The minimum Gasteiger partial charge on any atom is -0.207 e. The lowest BCUT2D eigenvalue weighted by molar-refractivity contribution is 0.417. The summed E-state index contributed by atoms with van der Waals surface area (Å²) in [5, 5.41) is 9.30. The van der Waals surface area contributed by atoms with Crippen LogP contribution in [0.15, 0.2) is 82.2 Å². The van der Waals surface area contributed by atoms with Crippen molar-refractivity contribution in [3.8, 4) is 6.07 Å². The van der Waals surface area contributed by atoms with Crippen molar-refractivity contribution < 1.29 is 12.8 Å². The molecule has 0 saturated carbocycles. The predicted molar refractivity (Wildman–Crippen MR) is 108 cm³/mol. The Morgan fingerprint density at radius 3 is 2.32 bits per heavy atom. The van der Waals surface area contributed by atoms with Crippen molar-refractivity contribution in [2.24, 2.45) is 0 Å². The summed E-state index contributed by atoms with van der Waals surface area (Å²) in [6.07, 6.45) is 0. The van der Waals surface area contributed by atoms with Gasteiger partial charge in [0.25, 0.3) is 0 Å². The van der Waals surface area contributed by atoms with Gasteiger partial charge < -0.3 is 0 Å². The molecule has 0 saturated heterocycles. The van der Waals surface area contributed by atoms with Gasteiger partial charge in [-0.05, 0) is 35.4 Å². The maximum Gasteiger partial charge on any atom is 0.245 e. The average Bonchev–Trinajstić information content (AvgIpc) is 2.70. The number of rotatable bonds is 5. The molecule has 7 heteroatoms. The van der Waals surface area contributed by atoms with Crippen molar-refractivity contribution in [1.82, 2.24) is 4.31 Å². The second-order valence-corrected chi connectivity index (χ2v) is 8.93. The van der Waals surface area contributed by atoms with Gasteiger partial charge in [-0.3, -0.25) is 0 Å². The van der Waals surface area contributed by atoms with E-state index in [1.165, 1.54) is 11.4 Å². The standard InChI is InChI=1S/C21H16BrFN2O2S/c1-25(28(26,27)20-12-11-17(23)13-16(20)14-24)21(15-7-3-2-4-8-15)18-9-5-6-10-19(18)22/h2-13,21H,1H3. The number of halogens is 2. The van der Waals surface area contributed by atoms with Gasteiger partial charge in [-0.15, -0.1) is 0 Å². The summed E-state index contributed by atoms with van der Waals surface area (Å²) < 4.78 is 42.2. The average molecular weight is 459 g/mol. The van der Waals surface area contributed by atoms with E-state index in [1.807, 2.05) is 54.6 Å². The van der Waals surface area contributed by atoms with Gasteiger partial charge in [-0.25, -0.2) is 12.8 Å². The third-order valence-corrected chi connectivity index (χ3v) is 7.00. The molecule has 1 atom stereocenters. The third kappa shape index (κ3) is 3.85. The first kappa shape index (κ1) is 20.2. The summed E-state index contributed by atoms with van der Waals surface area (Å²) in [4.78, 5) is -0.230. The van der Waals surface area contributed by atoms with Crippen molar-refractivity contribution in [2.75, 3.05) is 7.05 Å². The Labute approximate surface area is 172 Å². The molecular weight excluding hydrogens is 443 g/mol. The van der Waals surface area contributed by atoms with Crippen LogP contribution in [0, 0.1) is 17.1 Å². The monoisotopic (exact) mass is 458 g/mol. The molecule has 0 N–H and O–H groups in total. The summed E-state index contributed by atoms with van der Waals surface area (Å²) in [6.45, 7) is 0. The topological polar surface area (TPSA) is 61.2 Å². The van der Waals surface area contributed by atoms with E-state index >= 15 is 0 Å². The van der Waals surface area contributed by atoms with Crippen LogP contribution in [-0.4, -0.2) is 19.8 Å². The maximum absolute atomic E-state index is 13.5. The van der Waals surface area contributed by atoms with Crippen molar-refractivity contribution in [3.63, 3.8) is 0 Å². The van der Waals surface area contributed by atoms with Gasteiger partial charge in [0, 0.05) is 11.5 Å². The molecule has 1 unspecified atom stereocenters. The van der Waals surface area contributed by atoms with Gasteiger partial charge in [-0.1, -0.05) is 64.5 Å². The molecule has 28 heavy (non-hydrogen) atoms. The van der Waals surface area contributed by atoms with Gasteiger partial charge in [0.2, 0.25) is 10.0 Å². The molecule has 0 aliphatic heterocycles. The zero-order chi connectivity index (χ0) is 20.3. The number of hydrogen-bond acceptors (Lipinski definition) is 3. The zero-order valence-corrected chi connectivity index (χ0v) is 17.3. The second-order valence-electron chi connectivity index (χ2n) is 6.11. The molecule has 0 aromatic heterocycles. The van der Waals surface area contributed by atoms with Crippen LogP contribution in [0.25, 0.3) is 0 Å². The first-order valence-electron chi connectivity index (χ1n) is 8.33. The smallest absolute Gasteiger partial charge is 0.207 e. The lowest BCUT2D eigenvalue weighted by Crippen LogP contribution is -2.32. The number of sulfonamides is 1. The van der Waals surface area contributed by atoms with Crippen LogP contribution in [0.3, 0.4) is 0 Å². The Bertz CT molecular complexity index is 1140. The number of nitrogens with zero attached hydrogens (tertiary/aromatic N) is 2. The van der Waals surface area contributed by atoms with Gasteiger partial charge >= 0.3 is 0 Å². The van der Waals surface area contributed by atoms with Gasteiger partial charge in [-0.2, -0.15) is 9.57 Å². The summed E-state index contributed by atoms with van der Waals surface area (Å²) in [6, 6.07) is 20.8. The first-order valence-corrected chi connectivity index (χ1v) is 10.6. The molecule has 3 aromatic rings. The quantitative estimate of drug-likeness (QED) is 0.547. The fourth-order valence-corrected chi connectivity index (χ4v) is 4.97. The Morgan fingerprint density at radius 2 is 1.68 bits per heavy atom. The molecule has 3 rings (SSSR count). The highest BCUT2D eigenvalue weighted by Crippen LogP contribution is 2.36. The maximum atomic E-state index is 13.5. The van der Waals surface area contributed by atoms with E-state index in [0.717, 1.165) is 33.8 Å². The molecule has 3 aromatic carbocycles. The first-order chi connectivity index (χ1) is 13.4. The van der Waals surface area contributed by atoms with E-state index in [-0.39, 0.29) is 10.5 Å². The fraction of sp³-hybridized carbons (Fsp3) is 0.0952. The predicted octanol–water partition coefficient (Wildman–Crippen LogP) is 4.87. The number of nitriles is 1. The van der Waals surface area contributed by atoms with Crippen LogP contribution >= 0.6 is 15.9 Å². The van der Waals surface area contributed by atoms with Crippen LogP contribution in [0.2, 0.25) is 0 Å². The van der Waals surface area contributed by atoms with E-state index < -0.39 is 21.9 Å². The highest BCUT2D eigenvalue weighted by molar-refractivity contribution is 9.10. The highest BCUT2D eigenvalue weighted by atomic mass is 79.9. The van der Waals surface area contributed by atoms with Crippen LogP contribution < -0.4 is 0 Å². The number of hydrogen-bond donors (Lipinski definition) is 0. The third-order valence-electron chi connectivity index (χ3n) is 4.40. The molecular formula is C21H16BrFN2O2S. The summed E-state index contributed by atoms with van der Waals surface area (Å²) in [7, 11) is -2.63. The van der Waals surface area contributed by atoms with Crippen molar-refractivity contribution >= 4 is 26.0 Å². The second kappa shape index (κ2) is 8.23. The SMILES string of the molecule is CN(C(c1ccccc1)c1ccccc1Br)S(=O)(=O)c1ccc(F)cc1C#N. The van der Waals surface area contributed by atoms with Crippen LogP contribution in [-0.2, 0) is 10.0 Å². The summed E-state index contributed by atoms with van der Waals surface area (Å²) >= 11 is 3.50. The molecule has 0 aliphatic rings. The van der Waals surface area contributed by atoms with Crippen molar-refractivity contribution in [2.45, 2.75) is 10.9 Å². The molecule has 0 bridgehead atoms. The van der Waals surface area contributed by atoms with E-state index in [4.69, 9.17) is 0 Å². The Kier molecular flexibility index (Phi) is 5.94. The Balaban J connectivity index is 2.19. The molecule has 4 nitrogen and oxygen atoms in total. The minimum absolute atomic E-state index is 0.230. The normalized spacial score (nSPS) is 12.5. The molecule has 0 aliphatic carbocycles. The Morgan fingerprint density at radius 1 is 1.04 bits per heavy atom. The van der Waals surface area contributed by atoms with Crippen LogP contribution in [0.4, 0.5) is 4.39 Å². The van der Waals surface area contributed by atoms with E-state index in [1.54, 1.807) is 6.07 Å². The fourth-order valence-electron chi connectivity index (χ4n) is 3.03. The molecule has 0 amide bonds. The largest absolute Gasteiger partial charge is 0.245 e. The Hall–Kier alpha value is -2.53. The summed E-state index contributed by atoms with van der Waals surface area (Å²) in [5.41, 5.74) is 1.28. The molecule has 142 valence electrons. The van der Waals surface area contributed by atoms with E-state index in [2.05, 4.69) is 15.9 Å². The lowest BCUT2D eigenvalue weighted by atomic mass is 9.99. The summed E-state index contributed by atoms with van der Waals surface area (Å²) in [5.74, 6) is -0.663. The molecule has 0 fully saturated rings.